The lowest BCUT2D eigenvalue weighted by Gasteiger charge is -2.39. The van der Waals surface area contributed by atoms with E-state index in [2.05, 4.69) is 43.9 Å². The second-order valence-corrected chi connectivity index (χ2v) is 7.15. The number of hydrogen-bond acceptors (Lipinski definition) is 6. The topological polar surface area (TPSA) is 54.4 Å². The number of likely N-dealkylation sites (tertiary alicyclic amines) is 1. The predicted molar refractivity (Wildman–Crippen MR) is 96.3 cm³/mol. The van der Waals surface area contributed by atoms with Crippen molar-refractivity contribution >= 4 is 5.95 Å². The standard InChI is InChI=1S/C19H25N5O/c1-23(18-21-9-5-10-22-18)17-12-19(25-14-17)7-4-11-24(15-19)13-16-6-2-3-8-20-16/h2-3,5-6,8-10,17H,4,7,11-15H2,1H3/t17-,19+/m1/s1. The number of aromatic nitrogens is 3. The second-order valence-electron chi connectivity index (χ2n) is 7.15. The van der Waals surface area contributed by atoms with Gasteiger partial charge in [0.25, 0.3) is 0 Å². The molecule has 25 heavy (non-hydrogen) atoms. The van der Waals surface area contributed by atoms with Crippen molar-refractivity contribution in [3.8, 4) is 0 Å². The minimum atomic E-state index is -0.0409. The van der Waals surface area contributed by atoms with E-state index in [4.69, 9.17) is 4.74 Å². The minimum Gasteiger partial charge on any atom is -0.371 e. The highest BCUT2D eigenvalue weighted by atomic mass is 16.5. The van der Waals surface area contributed by atoms with E-state index >= 15 is 0 Å². The summed E-state index contributed by atoms with van der Waals surface area (Å²) in [7, 11) is 2.07. The van der Waals surface area contributed by atoms with Gasteiger partial charge in [0.15, 0.2) is 0 Å². The van der Waals surface area contributed by atoms with Gasteiger partial charge in [-0.2, -0.15) is 0 Å². The van der Waals surface area contributed by atoms with Gasteiger partial charge < -0.3 is 9.64 Å². The molecule has 0 bridgehead atoms. The number of likely N-dealkylation sites (N-methyl/N-ethyl adjacent to an activating group) is 1. The molecule has 1 spiro atoms. The lowest BCUT2D eigenvalue weighted by Crippen LogP contribution is -2.48. The number of ether oxygens (including phenoxy) is 1. The normalized spacial score (nSPS) is 26.8. The summed E-state index contributed by atoms with van der Waals surface area (Å²) in [6.07, 6.45) is 8.78. The first-order chi connectivity index (χ1) is 12.2. The molecule has 0 radical (unpaired) electrons. The van der Waals surface area contributed by atoms with E-state index in [-0.39, 0.29) is 5.60 Å². The number of anilines is 1. The summed E-state index contributed by atoms with van der Waals surface area (Å²) >= 11 is 0. The maximum Gasteiger partial charge on any atom is 0.225 e. The van der Waals surface area contributed by atoms with Crippen molar-refractivity contribution < 1.29 is 4.74 Å². The maximum absolute atomic E-state index is 6.35. The highest BCUT2D eigenvalue weighted by Gasteiger charge is 2.44. The van der Waals surface area contributed by atoms with Crippen LogP contribution in [0.1, 0.15) is 25.0 Å². The Bertz CT molecular complexity index is 683. The van der Waals surface area contributed by atoms with Crippen LogP contribution in [0.25, 0.3) is 0 Å². The predicted octanol–water partition coefficient (Wildman–Crippen LogP) is 2.13. The Labute approximate surface area is 148 Å². The molecule has 2 aromatic rings. The summed E-state index contributed by atoms with van der Waals surface area (Å²) in [6, 6.07) is 8.30. The average Bonchev–Trinajstić information content (AvgIpc) is 3.06. The highest BCUT2D eigenvalue weighted by molar-refractivity contribution is 5.30. The Balaban J connectivity index is 1.40. The minimum absolute atomic E-state index is 0.0409. The van der Waals surface area contributed by atoms with E-state index in [1.165, 1.54) is 6.42 Å². The van der Waals surface area contributed by atoms with Crippen LogP contribution in [0.15, 0.2) is 42.9 Å². The van der Waals surface area contributed by atoms with Crippen LogP contribution in [-0.4, -0.2) is 58.2 Å². The van der Waals surface area contributed by atoms with Gasteiger partial charge in [-0.3, -0.25) is 9.88 Å². The molecule has 4 rings (SSSR count). The van der Waals surface area contributed by atoms with Crippen molar-refractivity contribution in [3.63, 3.8) is 0 Å². The lowest BCUT2D eigenvalue weighted by atomic mass is 9.88. The molecule has 132 valence electrons. The SMILES string of the molecule is CN(c1ncccn1)[C@H]1CO[C@@]2(CCCN(Cc3ccccn3)C2)C1. The zero-order chi connectivity index (χ0) is 17.1. The molecule has 6 heteroatoms. The Hall–Kier alpha value is -2.05. The van der Waals surface area contributed by atoms with Crippen LogP contribution >= 0.6 is 0 Å². The van der Waals surface area contributed by atoms with Crippen molar-refractivity contribution in [1.29, 1.82) is 0 Å². The molecule has 2 aliphatic heterocycles. The molecule has 2 aromatic heterocycles. The zero-order valence-electron chi connectivity index (χ0n) is 14.7. The van der Waals surface area contributed by atoms with E-state index in [0.29, 0.717) is 6.04 Å². The zero-order valence-corrected chi connectivity index (χ0v) is 14.7. The van der Waals surface area contributed by atoms with Crippen molar-refractivity contribution in [1.82, 2.24) is 19.9 Å². The average molecular weight is 339 g/mol. The van der Waals surface area contributed by atoms with Gasteiger partial charge >= 0.3 is 0 Å². The maximum atomic E-state index is 6.35. The van der Waals surface area contributed by atoms with Crippen LogP contribution in [0.4, 0.5) is 5.95 Å². The first-order valence-electron chi connectivity index (χ1n) is 9.00. The van der Waals surface area contributed by atoms with Gasteiger partial charge in [0.05, 0.1) is 23.9 Å². The van der Waals surface area contributed by atoms with Gasteiger partial charge in [-0.25, -0.2) is 9.97 Å². The van der Waals surface area contributed by atoms with E-state index in [1.54, 1.807) is 12.4 Å². The van der Waals surface area contributed by atoms with Crippen LogP contribution < -0.4 is 4.90 Å². The third kappa shape index (κ3) is 3.65. The molecule has 0 saturated carbocycles. The fraction of sp³-hybridized carbons (Fsp3) is 0.526. The first kappa shape index (κ1) is 16.4. The second kappa shape index (κ2) is 7.06. The molecule has 0 unspecified atom stereocenters. The van der Waals surface area contributed by atoms with E-state index < -0.39 is 0 Å². The number of pyridine rings is 1. The van der Waals surface area contributed by atoms with E-state index in [0.717, 1.165) is 50.7 Å². The molecule has 2 saturated heterocycles. The van der Waals surface area contributed by atoms with Gasteiger partial charge in [-0.1, -0.05) is 6.07 Å². The third-order valence-electron chi connectivity index (χ3n) is 5.34. The van der Waals surface area contributed by atoms with Gasteiger partial charge in [-0.15, -0.1) is 0 Å². The van der Waals surface area contributed by atoms with Crippen molar-refractivity contribution in [2.24, 2.45) is 0 Å². The summed E-state index contributed by atoms with van der Waals surface area (Å²) in [5.41, 5.74) is 1.09. The molecule has 0 aromatic carbocycles. The van der Waals surface area contributed by atoms with Crippen molar-refractivity contribution in [3.05, 3.63) is 48.5 Å². The third-order valence-corrected chi connectivity index (χ3v) is 5.34. The number of rotatable bonds is 4. The summed E-state index contributed by atoms with van der Waals surface area (Å²) in [5.74, 6) is 0.773. The Morgan fingerprint density at radius 1 is 1.20 bits per heavy atom. The molecule has 0 amide bonds. The summed E-state index contributed by atoms with van der Waals surface area (Å²) in [6.45, 7) is 3.73. The van der Waals surface area contributed by atoms with Crippen LogP contribution in [0.3, 0.4) is 0 Å². The number of hydrogen-bond donors (Lipinski definition) is 0. The van der Waals surface area contributed by atoms with Gasteiger partial charge in [0.2, 0.25) is 5.95 Å². The monoisotopic (exact) mass is 339 g/mol. The van der Waals surface area contributed by atoms with Gasteiger partial charge in [0.1, 0.15) is 0 Å². The van der Waals surface area contributed by atoms with Gasteiger partial charge in [-0.05, 0) is 37.6 Å². The molecule has 6 nitrogen and oxygen atoms in total. The molecule has 2 fully saturated rings. The van der Waals surface area contributed by atoms with Crippen LogP contribution in [-0.2, 0) is 11.3 Å². The molecule has 4 heterocycles. The van der Waals surface area contributed by atoms with Crippen molar-refractivity contribution in [2.45, 2.75) is 37.5 Å². The van der Waals surface area contributed by atoms with E-state index in [9.17, 15) is 0 Å². The fourth-order valence-corrected chi connectivity index (χ4v) is 4.04. The highest BCUT2D eigenvalue weighted by Crippen LogP contribution is 2.37. The quantitative estimate of drug-likeness (QED) is 0.851. The van der Waals surface area contributed by atoms with Crippen LogP contribution in [0.5, 0.6) is 0 Å². The molecular weight excluding hydrogens is 314 g/mol. The van der Waals surface area contributed by atoms with Crippen molar-refractivity contribution in [2.75, 3.05) is 31.6 Å². The summed E-state index contributed by atoms with van der Waals surface area (Å²) in [5, 5.41) is 0. The molecular formula is C19H25N5O. The summed E-state index contributed by atoms with van der Waals surface area (Å²) < 4.78 is 6.35. The lowest BCUT2D eigenvalue weighted by molar-refractivity contribution is -0.0535. The van der Waals surface area contributed by atoms with E-state index in [1.807, 2.05) is 18.3 Å². The molecule has 0 aliphatic carbocycles. The first-order valence-corrected chi connectivity index (χ1v) is 9.00. The molecule has 2 atom stereocenters. The Morgan fingerprint density at radius 3 is 2.84 bits per heavy atom. The molecule has 0 N–H and O–H groups in total. The summed E-state index contributed by atoms with van der Waals surface area (Å²) in [4.78, 5) is 17.8. The number of piperidine rings is 1. The Morgan fingerprint density at radius 2 is 2.04 bits per heavy atom. The number of nitrogens with zero attached hydrogens (tertiary/aromatic N) is 5. The van der Waals surface area contributed by atoms with Gasteiger partial charge in [0, 0.05) is 45.1 Å². The molecule has 2 aliphatic rings. The van der Waals surface area contributed by atoms with Crippen LogP contribution in [0.2, 0.25) is 0 Å². The fourth-order valence-electron chi connectivity index (χ4n) is 4.04. The van der Waals surface area contributed by atoms with Crippen LogP contribution in [0, 0.1) is 0 Å². The Kier molecular flexibility index (Phi) is 4.63. The smallest absolute Gasteiger partial charge is 0.225 e. The largest absolute Gasteiger partial charge is 0.371 e.